The highest BCUT2D eigenvalue weighted by molar-refractivity contribution is 5.97. The van der Waals surface area contributed by atoms with Crippen LogP contribution >= 0.6 is 0 Å². The molecule has 0 radical (unpaired) electrons. The topological polar surface area (TPSA) is 113 Å². The van der Waals surface area contributed by atoms with E-state index in [1.165, 1.54) is 4.90 Å². The summed E-state index contributed by atoms with van der Waals surface area (Å²) in [4.78, 5) is 45.6. The van der Waals surface area contributed by atoms with Crippen LogP contribution in [0.4, 0.5) is 0 Å². The van der Waals surface area contributed by atoms with Crippen LogP contribution in [0.3, 0.4) is 0 Å². The highest BCUT2D eigenvalue weighted by atomic mass is 16.5. The number of hydrogen-bond donors (Lipinski definition) is 2. The van der Waals surface area contributed by atoms with Crippen LogP contribution in [0.5, 0.6) is 17.2 Å². The van der Waals surface area contributed by atoms with Crippen LogP contribution in [0.25, 0.3) is 0 Å². The van der Waals surface area contributed by atoms with Gasteiger partial charge in [-0.2, -0.15) is 0 Å². The third-order valence-electron chi connectivity index (χ3n) is 7.07. The first-order valence-corrected chi connectivity index (χ1v) is 13.9. The average Bonchev–Trinajstić information content (AvgIpc) is 3.49. The molecular formula is C31H36N4O6. The number of aromatic amines is 1. The summed E-state index contributed by atoms with van der Waals surface area (Å²) >= 11 is 0. The number of H-pyrrole nitrogens is 1. The van der Waals surface area contributed by atoms with Gasteiger partial charge in [-0.05, 0) is 48.2 Å². The molecule has 2 aliphatic rings. The van der Waals surface area contributed by atoms with E-state index in [-0.39, 0.29) is 36.9 Å². The number of nitrogens with one attached hydrogen (secondary N) is 2. The van der Waals surface area contributed by atoms with Crippen molar-refractivity contribution in [2.75, 3.05) is 33.3 Å². The van der Waals surface area contributed by atoms with Gasteiger partial charge in [0.1, 0.15) is 17.2 Å². The lowest BCUT2D eigenvalue weighted by molar-refractivity contribution is -0.124. The van der Waals surface area contributed by atoms with Crippen molar-refractivity contribution in [1.82, 2.24) is 20.1 Å². The molecule has 0 aliphatic carbocycles. The predicted octanol–water partition coefficient (Wildman–Crippen LogP) is 3.84. The molecule has 2 atom stereocenters. The fourth-order valence-electron chi connectivity index (χ4n) is 4.97. The number of nitrogens with zero attached hydrogens (tertiary/aromatic N) is 2. The maximum atomic E-state index is 13.4. The highest BCUT2D eigenvalue weighted by Crippen LogP contribution is 2.30. The summed E-state index contributed by atoms with van der Waals surface area (Å²) in [5.41, 5.74) is 1.81. The van der Waals surface area contributed by atoms with E-state index in [0.717, 1.165) is 5.56 Å². The van der Waals surface area contributed by atoms with Gasteiger partial charge in [-0.15, -0.1) is 0 Å². The van der Waals surface area contributed by atoms with Crippen LogP contribution in [0.2, 0.25) is 0 Å². The standard InChI is InChI=1S/C31H36N4O6/c1-20(2)18-39-25-12-23-13-26(14-25)41-24-6-4-5-21(11-24)19-40-28-16-35(31(38)22-7-9-32-15-22)10-8-27(28)33-29(36)17-34(3)30(23)37/h4-7,9,11-15,20,27-28,32H,8,10,16-19H2,1-3H3,(H,33,36)/t27-,28-/m0/s1. The molecule has 216 valence electrons. The van der Waals surface area contributed by atoms with E-state index in [1.807, 2.05) is 38.1 Å². The Morgan fingerprint density at radius 1 is 1.12 bits per heavy atom. The normalized spacial score (nSPS) is 19.8. The summed E-state index contributed by atoms with van der Waals surface area (Å²) < 4.78 is 18.4. The van der Waals surface area contributed by atoms with Crippen LogP contribution < -0.4 is 14.8 Å². The van der Waals surface area contributed by atoms with E-state index in [4.69, 9.17) is 14.2 Å². The van der Waals surface area contributed by atoms with E-state index in [9.17, 15) is 14.4 Å². The molecule has 4 bridgehead atoms. The highest BCUT2D eigenvalue weighted by Gasteiger charge is 2.34. The van der Waals surface area contributed by atoms with Crippen molar-refractivity contribution >= 4 is 17.7 Å². The van der Waals surface area contributed by atoms with Crippen molar-refractivity contribution in [3.63, 3.8) is 0 Å². The summed E-state index contributed by atoms with van der Waals surface area (Å²) in [6, 6.07) is 14.0. The number of likely N-dealkylation sites (N-methyl/N-ethyl adjacent to an activating group) is 1. The van der Waals surface area contributed by atoms with E-state index >= 15 is 0 Å². The van der Waals surface area contributed by atoms with Crippen molar-refractivity contribution in [2.24, 2.45) is 5.92 Å². The Kier molecular flexibility index (Phi) is 8.58. The third kappa shape index (κ3) is 7.07. The van der Waals surface area contributed by atoms with Gasteiger partial charge in [0.15, 0.2) is 0 Å². The molecule has 5 rings (SSSR count). The average molecular weight is 561 g/mol. The van der Waals surface area contributed by atoms with Gasteiger partial charge in [0.25, 0.3) is 11.8 Å². The first kappa shape index (κ1) is 28.2. The Hall–Kier alpha value is -4.31. The fraction of sp³-hybridized carbons (Fsp3) is 0.387. The zero-order valence-electron chi connectivity index (χ0n) is 23.6. The Labute approximate surface area is 239 Å². The molecule has 2 aromatic carbocycles. The van der Waals surface area contributed by atoms with Gasteiger partial charge in [0.05, 0.1) is 37.5 Å². The summed E-state index contributed by atoms with van der Waals surface area (Å²) in [6.45, 7) is 5.50. The summed E-state index contributed by atoms with van der Waals surface area (Å²) in [6.07, 6.45) is 3.46. The Morgan fingerprint density at radius 3 is 2.76 bits per heavy atom. The summed E-state index contributed by atoms with van der Waals surface area (Å²) in [7, 11) is 1.59. The minimum atomic E-state index is -0.442. The molecule has 3 aromatic rings. The quantitative estimate of drug-likeness (QED) is 0.501. The summed E-state index contributed by atoms with van der Waals surface area (Å²) in [5.74, 6) is 1.12. The number of aromatic nitrogens is 1. The molecule has 2 N–H and O–H groups in total. The second-order valence-electron chi connectivity index (χ2n) is 11.0. The molecule has 1 aromatic heterocycles. The molecule has 10 heteroatoms. The number of carbonyl (C=O) groups is 3. The number of rotatable bonds is 4. The van der Waals surface area contributed by atoms with Gasteiger partial charge in [-0.3, -0.25) is 14.4 Å². The number of hydrogen-bond acceptors (Lipinski definition) is 6. The fourth-order valence-corrected chi connectivity index (χ4v) is 4.97. The SMILES string of the molecule is CC(C)COc1cc2cc(c1)C(=O)N(C)CC(=O)N[C@H]1CCN(C(=O)c3cc[nH]c3)C[C@@H]1OCc1cccc(c1)O2. The first-order valence-electron chi connectivity index (χ1n) is 13.9. The van der Waals surface area contributed by atoms with Gasteiger partial charge in [0.2, 0.25) is 5.91 Å². The second-order valence-corrected chi connectivity index (χ2v) is 11.0. The molecule has 41 heavy (non-hydrogen) atoms. The van der Waals surface area contributed by atoms with Crippen molar-refractivity contribution in [2.45, 2.75) is 39.0 Å². The molecule has 10 nitrogen and oxygen atoms in total. The zero-order chi connectivity index (χ0) is 28.9. The number of likely N-dealkylation sites (tertiary alicyclic amines) is 1. The molecular weight excluding hydrogens is 524 g/mol. The Balaban J connectivity index is 1.42. The van der Waals surface area contributed by atoms with Crippen molar-refractivity contribution in [1.29, 1.82) is 0 Å². The van der Waals surface area contributed by atoms with Crippen LogP contribution in [0.1, 0.15) is 46.5 Å². The van der Waals surface area contributed by atoms with Crippen LogP contribution in [-0.4, -0.2) is 77.9 Å². The smallest absolute Gasteiger partial charge is 0.255 e. The van der Waals surface area contributed by atoms with Crippen LogP contribution in [-0.2, 0) is 16.1 Å². The minimum absolute atomic E-state index is 0.0922. The van der Waals surface area contributed by atoms with Crippen molar-refractivity contribution in [3.8, 4) is 17.2 Å². The lowest BCUT2D eigenvalue weighted by atomic mass is 10.0. The zero-order valence-corrected chi connectivity index (χ0v) is 23.6. The van der Waals surface area contributed by atoms with Gasteiger partial charge < -0.3 is 34.3 Å². The second kappa shape index (κ2) is 12.5. The molecule has 1 saturated heterocycles. The van der Waals surface area contributed by atoms with E-state index in [1.54, 1.807) is 48.6 Å². The third-order valence-corrected chi connectivity index (χ3v) is 7.07. The van der Waals surface area contributed by atoms with Crippen molar-refractivity contribution < 1.29 is 28.6 Å². The predicted molar refractivity (Wildman–Crippen MR) is 152 cm³/mol. The number of piperidine rings is 1. The van der Waals surface area contributed by atoms with Crippen molar-refractivity contribution in [3.05, 3.63) is 77.6 Å². The molecule has 0 unspecified atom stereocenters. The summed E-state index contributed by atoms with van der Waals surface area (Å²) in [5, 5.41) is 3.05. The van der Waals surface area contributed by atoms with E-state index < -0.39 is 6.10 Å². The Morgan fingerprint density at radius 2 is 1.98 bits per heavy atom. The molecule has 3 amide bonds. The number of carbonyl (C=O) groups excluding carboxylic acids is 3. The first-order chi connectivity index (χ1) is 19.7. The minimum Gasteiger partial charge on any atom is -0.493 e. The van der Waals surface area contributed by atoms with E-state index in [0.29, 0.717) is 60.4 Å². The number of fused-ring (bicyclic) bond motifs is 5. The van der Waals surface area contributed by atoms with E-state index in [2.05, 4.69) is 10.3 Å². The monoisotopic (exact) mass is 560 g/mol. The molecule has 2 aliphatic heterocycles. The van der Waals surface area contributed by atoms with Gasteiger partial charge >= 0.3 is 0 Å². The van der Waals surface area contributed by atoms with Crippen LogP contribution in [0, 0.1) is 5.92 Å². The lowest BCUT2D eigenvalue weighted by Crippen LogP contribution is -2.57. The molecule has 3 heterocycles. The van der Waals surface area contributed by atoms with Gasteiger partial charge in [-0.25, -0.2) is 0 Å². The number of ether oxygens (including phenoxy) is 3. The Bertz CT molecular complexity index is 1390. The molecule has 0 saturated carbocycles. The number of amides is 3. The van der Waals surface area contributed by atoms with Gasteiger partial charge in [-0.1, -0.05) is 26.0 Å². The molecule has 0 spiro atoms. The largest absolute Gasteiger partial charge is 0.493 e. The molecule has 1 fully saturated rings. The van der Waals surface area contributed by atoms with Crippen LogP contribution in [0.15, 0.2) is 60.9 Å². The van der Waals surface area contributed by atoms with Gasteiger partial charge in [0, 0.05) is 44.2 Å². The number of benzene rings is 2. The maximum Gasteiger partial charge on any atom is 0.255 e. The maximum absolute atomic E-state index is 13.4. The lowest BCUT2D eigenvalue weighted by Gasteiger charge is -2.39.